The van der Waals surface area contributed by atoms with Crippen LogP contribution in [0, 0.1) is 5.92 Å². The Morgan fingerprint density at radius 2 is 1.71 bits per heavy atom. The minimum atomic E-state index is -0.0440. The first-order valence-electron chi connectivity index (χ1n) is 12.8. The van der Waals surface area contributed by atoms with E-state index in [9.17, 15) is 0 Å². The van der Waals surface area contributed by atoms with Crippen LogP contribution in [0.4, 0.5) is 0 Å². The molecule has 0 N–H and O–H groups in total. The van der Waals surface area contributed by atoms with Crippen molar-refractivity contribution < 1.29 is 0 Å². The third kappa shape index (κ3) is 4.10. The summed E-state index contributed by atoms with van der Waals surface area (Å²) in [6, 6.07) is 22.7. The Labute approximate surface area is 209 Å². The van der Waals surface area contributed by atoms with Gasteiger partial charge >= 0.3 is 0 Å². The van der Waals surface area contributed by atoms with Gasteiger partial charge in [-0.1, -0.05) is 106 Å². The van der Waals surface area contributed by atoms with Gasteiger partial charge in [-0.25, -0.2) is 0 Å². The van der Waals surface area contributed by atoms with Crippen molar-refractivity contribution in [3.8, 4) is 5.69 Å². The summed E-state index contributed by atoms with van der Waals surface area (Å²) < 4.78 is 2.45. The Kier molecular flexibility index (Phi) is 6.34. The van der Waals surface area contributed by atoms with Gasteiger partial charge < -0.3 is 4.57 Å². The number of fused-ring (bicyclic) bond motifs is 5. The summed E-state index contributed by atoms with van der Waals surface area (Å²) in [6.45, 7) is 9.15. The molecular formula is C34H35N. The summed E-state index contributed by atoms with van der Waals surface area (Å²) in [4.78, 5) is 0. The van der Waals surface area contributed by atoms with Gasteiger partial charge in [-0.2, -0.15) is 0 Å². The second kappa shape index (κ2) is 9.58. The van der Waals surface area contributed by atoms with Crippen molar-refractivity contribution in [3.63, 3.8) is 0 Å². The molecule has 1 nitrogen and oxygen atoms in total. The van der Waals surface area contributed by atoms with Gasteiger partial charge in [-0.3, -0.25) is 0 Å². The van der Waals surface area contributed by atoms with Crippen molar-refractivity contribution in [2.24, 2.45) is 5.92 Å². The van der Waals surface area contributed by atoms with Gasteiger partial charge in [0.25, 0.3) is 0 Å². The van der Waals surface area contributed by atoms with Crippen LogP contribution in [-0.2, 0) is 18.3 Å². The maximum absolute atomic E-state index is 2.45. The zero-order valence-corrected chi connectivity index (χ0v) is 21.3. The molecule has 4 aromatic rings. The smallest absolute Gasteiger partial charge is 0.0544 e. The normalized spacial score (nSPS) is 20.0. The molecular weight excluding hydrogens is 422 g/mol. The van der Waals surface area contributed by atoms with Crippen molar-refractivity contribution in [1.82, 2.24) is 4.57 Å². The van der Waals surface area contributed by atoms with E-state index in [1.807, 2.05) is 6.92 Å². The zero-order valence-electron chi connectivity index (χ0n) is 21.3. The average molecular weight is 458 g/mol. The molecule has 1 unspecified atom stereocenters. The quantitative estimate of drug-likeness (QED) is 0.263. The van der Waals surface area contributed by atoms with Gasteiger partial charge in [0.2, 0.25) is 0 Å². The number of aromatic nitrogens is 1. The lowest BCUT2D eigenvalue weighted by molar-refractivity contribution is 0.420. The number of para-hydroxylation sites is 1. The molecule has 176 valence electrons. The molecule has 1 heteroatoms. The average Bonchev–Trinajstić information content (AvgIpc) is 3.19. The van der Waals surface area contributed by atoms with E-state index in [2.05, 4.69) is 135 Å². The van der Waals surface area contributed by atoms with Gasteiger partial charge in [0, 0.05) is 21.9 Å². The molecule has 1 aromatic heterocycles. The molecule has 0 saturated carbocycles. The van der Waals surface area contributed by atoms with Crippen LogP contribution in [0.25, 0.3) is 27.5 Å². The fraction of sp³-hybridized carbons (Fsp3) is 0.235. The molecule has 0 spiro atoms. The second-order valence-corrected chi connectivity index (χ2v) is 10.1. The first kappa shape index (κ1) is 23.2. The fourth-order valence-corrected chi connectivity index (χ4v) is 5.44. The number of nitrogens with zero attached hydrogens (tertiary/aromatic N) is 1. The van der Waals surface area contributed by atoms with E-state index in [0.29, 0.717) is 5.92 Å². The lowest BCUT2D eigenvalue weighted by Crippen LogP contribution is -2.28. The van der Waals surface area contributed by atoms with Crippen LogP contribution in [0.1, 0.15) is 44.4 Å². The molecule has 3 aromatic carbocycles. The number of rotatable bonds is 5. The molecule has 1 aliphatic carbocycles. The zero-order chi connectivity index (χ0) is 24.4. The summed E-state index contributed by atoms with van der Waals surface area (Å²) in [6.07, 6.45) is 19.5. The molecule has 0 fully saturated rings. The molecule has 0 saturated heterocycles. The van der Waals surface area contributed by atoms with E-state index in [4.69, 9.17) is 0 Å². The van der Waals surface area contributed by atoms with Crippen LogP contribution < -0.4 is 0 Å². The Balaban J connectivity index is 1.75. The fourth-order valence-electron chi connectivity index (χ4n) is 5.44. The van der Waals surface area contributed by atoms with E-state index >= 15 is 0 Å². The summed E-state index contributed by atoms with van der Waals surface area (Å²) in [5, 5.41) is 2.73. The SMILES string of the molecule is C/C=C/C=C\Cc1ccc(-n2c3ccccc3c3c4c(ccc32)C/C=C\C=C\C4(C)C(C)C)cc1. The van der Waals surface area contributed by atoms with E-state index in [1.165, 1.54) is 44.2 Å². The summed E-state index contributed by atoms with van der Waals surface area (Å²) in [5.41, 5.74) is 7.96. The van der Waals surface area contributed by atoms with Crippen molar-refractivity contribution >= 4 is 21.8 Å². The number of allylic oxidation sites excluding steroid dienone is 8. The lowest BCUT2D eigenvalue weighted by atomic mass is 9.69. The van der Waals surface area contributed by atoms with Gasteiger partial charge in [0.1, 0.15) is 0 Å². The molecule has 1 aliphatic rings. The van der Waals surface area contributed by atoms with E-state index in [1.54, 1.807) is 0 Å². The predicted molar refractivity (Wildman–Crippen MR) is 153 cm³/mol. The molecule has 0 aliphatic heterocycles. The monoisotopic (exact) mass is 457 g/mol. The van der Waals surface area contributed by atoms with Crippen LogP contribution in [0.3, 0.4) is 0 Å². The van der Waals surface area contributed by atoms with E-state index in [0.717, 1.165) is 12.8 Å². The molecule has 0 amide bonds. The minimum Gasteiger partial charge on any atom is -0.309 e. The maximum atomic E-state index is 2.45. The van der Waals surface area contributed by atoms with Gasteiger partial charge in [-0.05, 0) is 66.6 Å². The van der Waals surface area contributed by atoms with Crippen molar-refractivity contribution in [2.75, 3.05) is 0 Å². The van der Waals surface area contributed by atoms with Crippen LogP contribution in [0.5, 0.6) is 0 Å². The highest BCUT2D eigenvalue weighted by molar-refractivity contribution is 6.11. The number of hydrogen-bond donors (Lipinski definition) is 0. The van der Waals surface area contributed by atoms with Crippen LogP contribution in [-0.4, -0.2) is 4.57 Å². The summed E-state index contributed by atoms with van der Waals surface area (Å²) in [7, 11) is 0. The topological polar surface area (TPSA) is 4.93 Å². The Morgan fingerprint density at radius 3 is 2.49 bits per heavy atom. The van der Waals surface area contributed by atoms with Crippen molar-refractivity contribution in [1.29, 1.82) is 0 Å². The van der Waals surface area contributed by atoms with Crippen molar-refractivity contribution in [3.05, 3.63) is 126 Å². The third-order valence-corrected chi connectivity index (χ3v) is 7.68. The highest BCUT2D eigenvalue weighted by Crippen LogP contribution is 2.45. The minimum absolute atomic E-state index is 0.0440. The van der Waals surface area contributed by atoms with Crippen LogP contribution >= 0.6 is 0 Å². The highest BCUT2D eigenvalue weighted by atomic mass is 15.0. The highest BCUT2D eigenvalue weighted by Gasteiger charge is 2.33. The first-order chi connectivity index (χ1) is 17.0. The van der Waals surface area contributed by atoms with Crippen LogP contribution in [0.2, 0.25) is 0 Å². The second-order valence-electron chi connectivity index (χ2n) is 10.1. The van der Waals surface area contributed by atoms with Gasteiger partial charge in [0.15, 0.2) is 0 Å². The predicted octanol–water partition coefficient (Wildman–Crippen LogP) is 9.04. The van der Waals surface area contributed by atoms with E-state index < -0.39 is 0 Å². The Bertz CT molecular complexity index is 1470. The Hall–Kier alpha value is -3.58. The summed E-state index contributed by atoms with van der Waals surface area (Å²) in [5.74, 6) is 0.478. The van der Waals surface area contributed by atoms with Crippen LogP contribution in [0.15, 0.2) is 109 Å². The standard InChI is InChI=1S/C34H35N/c1-5-6-7-9-14-26-18-21-28(22-19-26)35-30-17-12-11-16-29(30)32-31(35)23-20-27-15-10-8-13-24-34(4,25(2)3)33(27)32/h5-13,16-25H,14-15H2,1-4H3/b6-5+,9-7-,10-8-,24-13+. The molecule has 5 rings (SSSR count). The molecule has 0 bridgehead atoms. The van der Waals surface area contributed by atoms with E-state index in [-0.39, 0.29) is 5.41 Å². The molecule has 1 heterocycles. The third-order valence-electron chi connectivity index (χ3n) is 7.68. The molecule has 1 atom stereocenters. The van der Waals surface area contributed by atoms with Gasteiger partial charge in [-0.15, -0.1) is 0 Å². The van der Waals surface area contributed by atoms with Crippen molar-refractivity contribution in [2.45, 2.75) is 46.0 Å². The molecule has 0 radical (unpaired) electrons. The largest absolute Gasteiger partial charge is 0.309 e. The maximum Gasteiger partial charge on any atom is 0.0544 e. The van der Waals surface area contributed by atoms with Gasteiger partial charge in [0.05, 0.1) is 11.0 Å². The summed E-state index contributed by atoms with van der Waals surface area (Å²) >= 11 is 0. The first-order valence-corrected chi connectivity index (χ1v) is 12.8. The number of benzene rings is 3. The molecule has 35 heavy (non-hydrogen) atoms. The lowest BCUT2D eigenvalue weighted by Gasteiger charge is -2.35. The Morgan fingerprint density at radius 1 is 0.914 bits per heavy atom. The number of hydrogen-bond acceptors (Lipinski definition) is 0.